The molecule has 5 aliphatic rings. The Bertz CT molecular complexity index is 1110. The summed E-state index contributed by atoms with van der Waals surface area (Å²) < 4.78 is 5.37. The lowest BCUT2D eigenvalue weighted by Crippen LogP contribution is -2.75. The van der Waals surface area contributed by atoms with Crippen LogP contribution in [0.4, 0.5) is 5.69 Å². The molecule has 30 heavy (non-hydrogen) atoms. The second-order valence-corrected chi connectivity index (χ2v) is 11.2. The van der Waals surface area contributed by atoms with Crippen molar-refractivity contribution in [3.8, 4) is 5.75 Å². The highest BCUT2D eigenvalue weighted by atomic mass is 33.1. The van der Waals surface area contributed by atoms with Crippen LogP contribution in [0.15, 0.2) is 48.5 Å². The van der Waals surface area contributed by atoms with Gasteiger partial charge in [0.15, 0.2) is 9.74 Å². The number of anilines is 1. The molecule has 5 aliphatic heterocycles. The van der Waals surface area contributed by atoms with E-state index in [4.69, 9.17) is 4.74 Å². The molecule has 0 aliphatic carbocycles. The Balaban J connectivity index is 1.61. The van der Waals surface area contributed by atoms with Gasteiger partial charge in [0.25, 0.3) is 11.8 Å². The molecule has 1 spiro atoms. The van der Waals surface area contributed by atoms with Gasteiger partial charge in [-0.05, 0) is 36.2 Å². The largest absolute Gasteiger partial charge is 0.497 e. The van der Waals surface area contributed by atoms with E-state index < -0.39 is 15.2 Å². The van der Waals surface area contributed by atoms with Crippen LogP contribution >= 0.6 is 21.6 Å². The number of methoxy groups -OCH3 is 1. The van der Waals surface area contributed by atoms with Gasteiger partial charge in [0.05, 0.1) is 12.5 Å². The average Bonchev–Trinajstić information content (AvgIpc) is 3.24. The Morgan fingerprint density at radius 1 is 1.07 bits per heavy atom. The summed E-state index contributed by atoms with van der Waals surface area (Å²) >= 11 is 0. The van der Waals surface area contributed by atoms with Crippen molar-refractivity contribution in [3.63, 3.8) is 0 Å². The standard InChI is InChI=1S/C22H21N3O3S2/c1-20-18(26)25-17-21(13-8-10-14(28-3)11-9-13,15-6-4-5-7-16(15)23-17)12-22(25,30-29-20)19(27)24(20)2/h4-11,17,23H,12H2,1-3H3/t17-,20+,21+,22+/m1/s1. The van der Waals surface area contributed by atoms with Crippen LogP contribution in [0.25, 0.3) is 0 Å². The molecular formula is C22H21N3O3S2. The molecule has 0 aromatic heterocycles. The fraction of sp³-hybridized carbons (Fsp3) is 0.364. The van der Waals surface area contributed by atoms with Crippen molar-refractivity contribution in [3.05, 3.63) is 59.7 Å². The summed E-state index contributed by atoms with van der Waals surface area (Å²) in [5, 5.41) is 3.61. The zero-order valence-electron chi connectivity index (χ0n) is 16.8. The Kier molecular flexibility index (Phi) is 3.49. The fourth-order valence-corrected chi connectivity index (χ4v) is 9.01. The van der Waals surface area contributed by atoms with E-state index in [1.54, 1.807) is 29.9 Å². The molecule has 6 nitrogen and oxygen atoms in total. The van der Waals surface area contributed by atoms with E-state index in [2.05, 4.69) is 29.6 Å². The molecule has 1 N–H and O–H groups in total. The SMILES string of the molecule is COc1ccc([C@]23C[C@@]45SS[C@@](C)(C(=O)N4[C@H]2Nc2ccccc23)N(C)C5=O)cc1. The number of benzene rings is 2. The summed E-state index contributed by atoms with van der Waals surface area (Å²) in [4.78, 5) is 29.0. The van der Waals surface area contributed by atoms with Crippen molar-refractivity contribution in [2.45, 2.75) is 34.7 Å². The first-order chi connectivity index (χ1) is 14.4. The number of hydrogen-bond donors (Lipinski definition) is 1. The zero-order valence-corrected chi connectivity index (χ0v) is 18.5. The van der Waals surface area contributed by atoms with Gasteiger partial charge in [-0.3, -0.25) is 14.5 Å². The maximum Gasteiger partial charge on any atom is 0.262 e. The maximum atomic E-state index is 13.7. The molecule has 4 saturated heterocycles. The molecule has 4 atom stereocenters. The van der Waals surface area contributed by atoms with Crippen molar-refractivity contribution in [1.82, 2.24) is 9.80 Å². The second-order valence-electron chi connectivity index (χ2n) is 8.44. The lowest BCUT2D eigenvalue weighted by molar-refractivity contribution is -0.163. The van der Waals surface area contributed by atoms with E-state index >= 15 is 0 Å². The summed E-state index contributed by atoms with van der Waals surface area (Å²) in [5.74, 6) is 0.786. The van der Waals surface area contributed by atoms with E-state index in [0.717, 1.165) is 22.6 Å². The number of amides is 2. The first-order valence-electron chi connectivity index (χ1n) is 9.88. The first-order valence-corrected chi connectivity index (χ1v) is 12.0. The van der Waals surface area contributed by atoms with Crippen LogP contribution in [0.1, 0.15) is 24.5 Å². The topological polar surface area (TPSA) is 61.9 Å². The third-order valence-electron chi connectivity index (χ3n) is 7.17. The van der Waals surface area contributed by atoms with E-state index in [1.807, 2.05) is 36.1 Å². The number of nitrogens with one attached hydrogen (secondary N) is 1. The number of carbonyl (C=O) groups is 2. The molecule has 0 saturated carbocycles. The van der Waals surface area contributed by atoms with Crippen LogP contribution in [-0.4, -0.2) is 51.7 Å². The van der Waals surface area contributed by atoms with Crippen LogP contribution in [0, 0.1) is 0 Å². The Morgan fingerprint density at radius 3 is 2.53 bits per heavy atom. The fourth-order valence-electron chi connectivity index (χ4n) is 5.50. The highest BCUT2D eigenvalue weighted by Gasteiger charge is 2.77. The van der Waals surface area contributed by atoms with Crippen molar-refractivity contribution in [2.75, 3.05) is 19.5 Å². The van der Waals surface area contributed by atoms with Gasteiger partial charge in [-0.1, -0.05) is 51.9 Å². The van der Waals surface area contributed by atoms with Crippen LogP contribution in [0.2, 0.25) is 0 Å². The minimum atomic E-state index is -0.917. The number of hydrogen-bond acceptors (Lipinski definition) is 6. The van der Waals surface area contributed by atoms with Crippen LogP contribution < -0.4 is 10.1 Å². The Hall–Kier alpha value is -2.32. The van der Waals surface area contributed by atoms with E-state index in [1.165, 1.54) is 10.8 Å². The summed E-state index contributed by atoms with van der Waals surface area (Å²) in [6.07, 6.45) is 0.213. The molecule has 8 heteroatoms. The van der Waals surface area contributed by atoms with Crippen molar-refractivity contribution >= 4 is 39.1 Å². The number of carbonyl (C=O) groups excluding carboxylic acids is 2. The monoisotopic (exact) mass is 439 g/mol. The van der Waals surface area contributed by atoms with Crippen LogP contribution in [0.3, 0.4) is 0 Å². The highest BCUT2D eigenvalue weighted by Crippen LogP contribution is 2.69. The quantitative estimate of drug-likeness (QED) is 0.725. The smallest absolute Gasteiger partial charge is 0.262 e. The molecule has 5 heterocycles. The zero-order chi connectivity index (χ0) is 20.9. The molecule has 0 radical (unpaired) electrons. The van der Waals surface area contributed by atoms with E-state index in [9.17, 15) is 9.59 Å². The molecule has 2 aromatic rings. The van der Waals surface area contributed by atoms with Crippen molar-refractivity contribution in [1.29, 1.82) is 0 Å². The molecule has 4 fully saturated rings. The van der Waals surface area contributed by atoms with Gasteiger partial charge in [-0.2, -0.15) is 0 Å². The summed E-state index contributed by atoms with van der Waals surface area (Å²) in [5.41, 5.74) is 2.72. The number of likely N-dealkylation sites (N-methyl/N-ethyl adjacent to an activating group) is 1. The number of piperazine rings is 1. The predicted molar refractivity (Wildman–Crippen MR) is 118 cm³/mol. The lowest BCUT2D eigenvalue weighted by Gasteiger charge is -2.57. The minimum absolute atomic E-state index is 0.00552. The van der Waals surface area contributed by atoms with Crippen molar-refractivity contribution < 1.29 is 14.3 Å². The lowest BCUT2D eigenvalue weighted by atomic mass is 9.72. The number of para-hydroxylation sites is 1. The summed E-state index contributed by atoms with van der Waals surface area (Å²) in [6, 6.07) is 16.2. The molecule has 154 valence electrons. The van der Waals surface area contributed by atoms with Crippen LogP contribution in [-0.2, 0) is 15.0 Å². The van der Waals surface area contributed by atoms with Gasteiger partial charge in [-0.25, -0.2) is 0 Å². The predicted octanol–water partition coefficient (Wildman–Crippen LogP) is 3.24. The molecule has 2 bridgehead atoms. The number of ether oxygens (including phenoxy) is 1. The van der Waals surface area contributed by atoms with Gasteiger partial charge in [0, 0.05) is 19.2 Å². The van der Waals surface area contributed by atoms with Gasteiger partial charge < -0.3 is 15.0 Å². The first kappa shape index (κ1) is 18.4. The van der Waals surface area contributed by atoms with E-state index in [-0.39, 0.29) is 18.0 Å². The minimum Gasteiger partial charge on any atom is -0.497 e. The molecule has 7 rings (SSSR count). The van der Waals surface area contributed by atoms with Gasteiger partial charge in [-0.15, -0.1) is 0 Å². The molecular weight excluding hydrogens is 418 g/mol. The average molecular weight is 440 g/mol. The normalized spacial score (nSPS) is 35.8. The molecule has 2 aromatic carbocycles. The Labute approximate surface area is 182 Å². The number of rotatable bonds is 2. The van der Waals surface area contributed by atoms with Gasteiger partial charge in [0.1, 0.15) is 11.9 Å². The highest BCUT2D eigenvalue weighted by molar-refractivity contribution is 8.78. The Morgan fingerprint density at radius 2 is 1.80 bits per heavy atom. The summed E-state index contributed by atoms with van der Waals surface area (Å²) in [6.45, 7) is 1.85. The number of nitrogens with zero attached hydrogens (tertiary/aromatic N) is 2. The van der Waals surface area contributed by atoms with Gasteiger partial charge in [0.2, 0.25) is 0 Å². The van der Waals surface area contributed by atoms with E-state index in [0.29, 0.717) is 6.42 Å². The third-order valence-corrected chi connectivity index (χ3v) is 10.9. The molecule has 0 unspecified atom stereocenters. The van der Waals surface area contributed by atoms with Crippen molar-refractivity contribution in [2.24, 2.45) is 0 Å². The second kappa shape index (κ2) is 5.68. The third kappa shape index (κ3) is 1.86. The maximum absolute atomic E-state index is 13.7. The summed E-state index contributed by atoms with van der Waals surface area (Å²) in [7, 11) is 6.45. The molecule has 2 amide bonds. The van der Waals surface area contributed by atoms with Gasteiger partial charge >= 0.3 is 0 Å². The van der Waals surface area contributed by atoms with Crippen LogP contribution in [0.5, 0.6) is 5.75 Å². The number of fused-ring (bicyclic) bond motifs is 5.